The molecule has 3 heterocycles. The van der Waals surface area contributed by atoms with Gasteiger partial charge in [-0.25, -0.2) is 0 Å². The van der Waals surface area contributed by atoms with E-state index >= 15 is 0 Å². The molecule has 0 bridgehead atoms. The number of hydrogen-bond acceptors (Lipinski definition) is 2. The molecule has 0 saturated carbocycles. The van der Waals surface area contributed by atoms with Crippen molar-refractivity contribution >= 4 is 5.52 Å². The fourth-order valence-corrected chi connectivity index (χ4v) is 2.80. The standard InChI is InChI=1S/C13H17N3/c1-9(14)13-11-8-15(2)7-10(11)12-5-3-4-6-16(12)13/h3-6,9H,7-8,14H2,1-2H3. The Kier molecular flexibility index (Phi) is 2.06. The maximum absolute atomic E-state index is 6.10. The maximum Gasteiger partial charge on any atom is 0.0502 e. The van der Waals surface area contributed by atoms with Crippen molar-refractivity contribution < 1.29 is 0 Å². The van der Waals surface area contributed by atoms with Crippen LogP contribution in [0.5, 0.6) is 0 Å². The van der Waals surface area contributed by atoms with E-state index in [0.717, 1.165) is 13.1 Å². The zero-order valence-corrected chi connectivity index (χ0v) is 9.77. The van der Waals surface area contributed by atoms with Crippen molar-refractivity contribution in [3.63, 3.8) is 0 Å². The fourth-order valence-electron chi connectivity index (χ4n) is 2.80. The van der Waals surface area contributed by atoms with Crippen LogP contribution in [0.15, 0.2) is 24.4 Å². The summed E-state index contributed by atoms with van der Waals surface area (Å²) in [5.74, 6) is 0. The van der Waals surface area contributed by atoms with Crippen LogP contribution < -0.4 is 5.73 Å². The first-order valence-electron chi connectivity index (χ1n) is 5.73. The molecule has 1 atom stereocenters. The van der Waals surface area contributed by atoms with Crippen LogP contribution >= 0.6 is 0 Å². The van der Waals surface area contributed by atoms with Gasteiger partial charge in [-0.05, 0) is 37.2 Å². The Hall–Kier alpha value is -1.32. The quantitative estimate of drug-likeness (QED) is 0.788. The third-order valence-corrected chi connectivity index (χ3v) is 3.39. The normalized spacial score (nSPS) is 17.9. The van der Waals surface area contributed by atoms with Crippen molar-refractivity contribution in [2.24, 2.45) is 5.73 Å². The van der Waals surface area contributed by atoms with Crippen LogP contribution in [0, 0.1) is 0 Å². The van der Waals surface area contributed by atoms with Gasteiger partial charge in [-0.1, -0.05) is 6.07 Å². The highest BCUT2D eigenvalue weighted by Crippen LogP contribution is 2.33. The minimum absolute atomic E-state index is 0.0881. The summed E-state index contributed by atoms with van der Waals surface area (Å²) >= 11 is 0. The Labute approximate surface area is 95.5 Å². The number of rotatable bonds is 1. The number of pyridine rings is 1. The van der Waals surface area contributed by atoms with E-state index in [0.29, 0.717) is 0 Å². The Morgan fingerprint density at radius 1 is 1.25 bits per heavy atom. The second kappa shape index (κ2) is 3.34. The number of fused-ring (bicyclic) bond motifs is 3. The lowest BCUT2D eigenvalue weighted by atomic mass is 10.1. The number of nitrogens with two attached hydrogens (primary N) is 1. The summed E-state index contributed by atoms with van der Waals surface area (Å²) in [7, 11) is 2.16. The monoisotopic (exact) mass is 215 g/mol. The molecule has 1 unspecified atom stereocenters. The minimum atomic E-state index is 0.0881. The molecule has 2 aromatic heterocycles. The lowest BCUT2D eigenvalue weighted by Gasteiger charge is -2.12. The van der Waals surface area contributed by atoms with E-state index in [1.165, 1.54) is 22.3 Å². The molecule has 0 radical (unpaired) electrons. The molecule has 84 valence electrons. The van der Waals surface area contributed by atoms with Crippen molar-refractivity contribution in [3.05, 3.63) is 41.2 Å². The van der Waals surface area contributed by atoms with Crippen molar-refractivity contribution in [3.8, 4) is 0 Å². The van der Waals surface area contributed by atoms with Gasteiger partial charge in [0, 0.05) is 31.0 Å². The molecule has 1 aliphatic rings. The topological polar surface area (TPSA) is 33.7 Å². The first kappa shape index (κ1) is 9.87. The van der Waals surface area contributed by atoms with Gasteiger partial charge in [0.2, 0.25) is 0 Å². The summed E-state index contributed by atoms with van der Waals surface area (Å²) in [6, 6.07) is 6.44. The van der Waals surface area contributed by atoms with Gasteiger partial charge in [0.1, 0.15) is 0 Å². The first-order chi connectivity index (χ1) is 7.68. The smallest absolute Gasteiger partial charge is 0.0502 e. The van der Waals surface area contributed by atoms with E-state index in [1.807, 2.05) is 0 Å². The van der Waals surface area contributed by atoms with Crippen LogP contribution in [0.3, 0.4) is 0 Å². The van der Waals surface area contributed by atoms with E-state index in [-0.39, 0.29) is 6.04 Å². The Morgan fingerprint density at radius 3 is 2.75 bits per heavy atom. The molecule has 2 aromatic rings. The van der Waals surface area contributed by atoms with Crippen molar-refractivity contribution in [2.75, 3.05) is 7.05 Å². The van der Waals surface area contributed by atoms with Gasteiger partial charge in [0.05, 0.1) is 5.52 Å². The molecule has 0 aromatic carbocycles. The predicted molar refractivity (Wildman–Crippen MR) is 65.2 cm³/mol. The molecule has 3 rings (SSSR count). The van der Waals surface area contributed by atoms with E-state index in [9.17, 15) is 0 Å². The highest BCUT2D eigenvalue weighted by atomic mass is 15.1. The second-order valence-corrected chi connectivity index (χ2v) is 4.76. The summed E-state index contributed by atoms with van der Waals surface area (Å²) in [5.41, 5.74) is 11.6. The number of hydrogen-bond donors (Lipinski definition) is 1. The maximum atomic E-state index is 6.10. The second-order valence-electron chi connectivity index (χ2n) is 4.76. The molecule has 3 heteroatoms. The summed E-state index contributed by atoms with van der Waals surface area (Å²) < 4.78 is 2.25. The molecule has 0 fully saturated rings. The summed E-state index contributed by atoms with van der Waals surface area (Å²) in [4.78, 5) is 2.34. The summed E-state index contributed by atoms with van der Waals surface area (Å²) in [6.07, 6.45) is 2.12. The zero-order valence-electron chi connectivity index (χ0n) is 9.77. The van der Waals surface area contributed by atoms with Gasteiger partial charge < -0.3 is 10.1 Å². The number of nitrogens with zero attached hydrogens (tertiary/aromatic N) is 2. The van der Waals surface area contributed by atoms with Crippen LogP contribution in [-0.4, -0.2) is 16.3 Å². The summed E-state index contributed by atoms with van der Waals surface area (Å²) in [6.45, 7) is 4.12. The average molecular weight is 215 g/mol. The predicted octanol–water partition coefficient (Wildman–Crippen LogP) is 1.90. The van der Waals surface area contributed by atoms with Gasteiger partial charge in [-0.2, -0.15) is 0 Å². The molecule has 0 amide bonds. The SMILES string of the molecule is CC(N)c1c2c(c3ccccn13)CN(C)C2. The van der Waals surface area contributed by atoms with Crippen LogP contribution in [0.1, 0.15) is 29.8 Å². The highest BCUT2D eigenvalue weighted by Gasteiger charge is 2.26. The fraction of sp³-hybridized carbons (Fsp3) is 0.385. The molecule has 3 nitrogen and oxygen atoms in total. The van der Waals surface area contributed by atoms with E-state index < -0.39 is 0 Å². The van der Waals surface area contributed by atoms with E-state index in [4.69, 9.17) is 5.73 Å². The zero-order chi connectivity index (χ0) is 11.3. The minimum Gasteiger partial charge on any atom is -0.323 e. The summed E-state index contributed by atoms with van der Waals surface area (Å²) in [5, 5.41) is 0. The molecule has 0 spiro atoms. The van der Waals surface area contributed by atoms with Gasteiger partial charge in [-0.15, -0.1) is 0 Å². The van der Waals surface area contributed by atoms with Crippen molar-refractivity contribution in [1.82, 2.24) is 9.30 Å². The first-order valence-corrected chi connectivity index (χ1v) is 5.73. The van der Waals surface area contributed by atoms with Gasteiger partial charge in [-0.3, -0.25) is 4.90 Å². The van der Waals surface area contributed by atoms with E-state index in [2.05, 4.69) is 47.7 Å². The lowest BCUT2D eigenvalue weighted by Crippen LogP contribution is -2.14. The molecule has 0 aliphatic carbocycles. The lowest BCUT2D eigenvalue weighted by molar-refractivity contribution is 0.351. The van der Waals surface area contributed by atoms with Crippen molar-refractivity contribution in [1.29, 1.82) is 0 Å². The third kappa shape index (κ3) is 1.22. The molecular formula is C13H17N3. The molecule has 16 heavy (non-hydrogen) atoms. The average Bonchev–Trinajstić information content (AvgIpc) is 2.72. The molecule has 2 N–H and O–H groups in total. The van der Waals surface area contributed by atoms with Crippen LogP contribution in [0.2, 0.25) is 0 Å². The molecular weight excluding hydrogens is 198 g/mol. The van der Waals surface area contributed by atoms with Crippen LogP contribution in [-0.2, 0) is 13.1 Å². The highest BCUT2D eigenvalue weighted by molar-refractivity contribution is 5.63. The molecule has 1 aliphatic heterocycles. The largest absolute Gasteiger partial charge is 0.323 e. The Balaban J connectivity index is 2.35. The van der Waals surface area contributed by atoms with Gasteiger partial charge >= 0.3 is 0 Å². The van der Waals surface area contributed by atoms with Crippen LogP contribution in [0.25, 0.3) is 5.52 Å². The van der Waals surface area contributed by atoms with Gasteiger partial charge in [0.25, 0.3) is 0 Å². The van der Waals surface area contributed by atoms with E-state index in [1.54, 1.807) is 0 Å². The molecule has 0 saturated heterocycles. The Bertz CT molecular complexity index is 539. The van der Waals surface area contributed by atoms with Crippen LogP contribution in [0.4, 0.5) is 0 Å². The number of aromatic nitrogens is 1. The third-order valence-electron chi connectivity index (χ3n) is 3.39. The van der Waals surface area contributed by atoms with Crippen molar-refractivity contribution in [2.45, 2.75) is 26.1 Å². The van der Waals surface area contributed by atoms with Gasteiger partial charge in [0.15, 0.2) is 0 Å². The Morgan fingerprint density at radius 2 is 2.00 bits per heavy atom.